The smallest absolute Gasteiger partial charge is 0.133 e. The highest BCUT2D eigenvalue weighted by atomic mass is 16.3. The van der Waals surface area contributed by atoms with Gasteiger partial charge in [-0.2, -0.15) is 0 Å². The van der Waals surface area contributed by atoms with E-state index in [0.29, 0.717) is 0 Å². The molecule has 0 bridgehead atoms. The van der Waals surface area contributed by atoms with Crippen molar-refractivity contribution >= 4 is 21.8 Å². The minimum atomic E-state index is 0.909. The van der Waals surface area contributed by atoms with Crippen LogP contribution < -0.4 is 0 Å². The van der Waals surface area contributed by atoms with E-state index in [1.54, 1.807) is 6.26 Å². The van der Waals surface area contributed by atoms with Crippen molar-refractivity contribution in [1.29, 1.82) is 0 Å². The molecule has 0 aliphatic carbocycles. The number of rotatable bonds is 1. The number of aryl methyl sites for hydroxylation is 1. The Kier molecular flexibility index (Phi) is 2.06. The lowest BCUT2D eigenvalue weighted by atomic mass is 10.1. The zero-order chi connectivity index (χ0) is 12.8. The number of benzene rings is 2. The van der Waals surface area contributed by atoms with E-state index in [1.807, 2.05) is 12.1 Å². The highest BCUT2D eigenvalue weighted by molar-refractivity contribution is 6.08. The van der Waals surface area contributed by atoms with Gasteiger partial charge in [0, 0.05) is 34.4 Å². The van der Waals surface area contributed by atoms with E-state index in [9.17, 15) is 0 Å². The van der Waals surface area contributed by atoms with Crippen LogP contribution in [0.3, 0.4) is 0 Å². The SMILES string of the molecule is Cn1c2ccccc2c2ccc(-c3ccco3)cc21. The summed E-state index contributed by atoms with van der Waals surface area (Å²) in [5.74, 6) is 0.909. The fourth-order valence-corrected chi connectivity index (χ4v) is 2.76. The molecular weight excluding hydrogens is 234 g/mol. The largest absolute Gasteiger partial charge is 0.464 e. The molecular formula is C17H13NO. The molecule has 92 valence electrons. The van der Waals surface area contributed by atoms with Crippen LogP contribution in [-0.2, 0) is 7.05 Å². The molecule has 2 aromatic heterocycles. The van der Waals surface area contributed by atoms with Crippen LogP contribution in [0.4, 0.5) is 0 Å². The molecule has 0 aliphatic rings. The molecule has 0 amide bonds. The second-order valence-corrected chi connectivity index (χ2v) is 4.79. The zero-order valence-electron chi connectivity index (χ0n) is 10.6. The first-order valence-corrected chi connectivity index (χ1v) is 6.35. The van der Waals surface area contributed by atoms with E-state index in [-0.39, 0.29) is 0 Å². The quantitative estimate of drug-likeness (QED) is 0.481. The van der Waals surface area contributed by atoms with E-state index >= 15 is 0 Å². The highest BCUT2D eigenvalue weighted by Crippen LogP contribution is 2.31. The fourth-order valence-electron chi connectivity index (χ4n) is 2.76. The van der Waals surface area contributed by atoms with Crippen LogP contribution in [0.25, 0.3) is 33.1 Å². The molecule has 2 heteroatoms. The molecule has 0 spiro atoms. The minimum Gasteiger partial charge on any atom is -0.464 e. The Hall–Kier alpha value is -2.48. The zero-order valence-corrected chi connectivity index (χ0v) is 10.6. The maximum Gasteiger partial charge on any atom is 0.133 e. The first-order valence-electron chi connectivity index (χ1n) is 6.35. The van der Waals surface area contributed by atoms with E-state index in [1.165, 1.54) is 21.8 Å². The summed E-state index contributed by atoms with van der Waals surface area (Å²) in [5, 5.41) is 2.58. The third-order valence-electron chi connectivity index (χ3n) is 3.72. The summed E-state index contributed by atoms with van der Waals surface area (Å²) in [4.78, 5) is 0. The van der Waals surface area contributed by atoms with Gasteiger partial charge in [0.2, 0.25) is 0 Å². The molecule has 19 heavy (non-hydrogen) atoms. The van der Waals surface area contributed by atoms with E-state index in [4.69, 9.17) is 4.42 Å². The van der Waals surface area contributed by atoms with Crippen molar-refractivity contribution in [3.63, 3.8) is 0 Å². The predicted molar refractivity (Wildman–Crippen MR) is 78.1 cm³/mol. The lowest BCUT2D eigenvalue weighted by Crippen LogP contribution is -1.86. The van der Waals surface area contributed by atoms with Crippen LogP contribution in [0.15, 0.2) is 65.3 Å². The van der Waals surface area contributed by atoms with Gasteiger partial charge in [0.1, 0.15) is 5.76 Å². The van der Waals surface area contributed by atoms with Crippen LogP contribution in [0.2, 0.25) is 0 Å². The van der Waals surface area contributed by atoms with Crippen molar-refractivity contribution in [3.05, 3.63) is 60.9 Å². The number of hydrogen-bond acceptors (Lipinski definition) is 1. The summed E-state index contributed by atoms with van der Waals surface area (Å²) >= 11 is 0. The van der Waals surface area contributed by atoms with Crippen molar-refractivity contribution in [3.8, 4) is 11.3 Å². The van der Waals surface area contributed by atoms with Crippen molar-refractivity contribution < 1.29 is 4.42 Å². The van der Waals surface area contributed by atoms with Crippen molar-refractivity contribution in [1.82, 2.24) is 4.57 Å². The lowest BCUT2D eigenvalue weighted by molar-refractivity contribution is 0.582. The maximum absolute atomic E-state index is 5.47. The number of para-hydroxylation sites is 1. The molecule has 0 saturated carbocycles. The van der Waals surface area contributed by atoms with Crippen LogP contribution in [0, 0.1) is 0 Å². The summed E-state index contributed by atoms with van der Waals surface area (Å²) in [7, 11) is 2.11. The average Bonchev–Trinajstić information content (AvgIpc) is 3.08. The molecule has 2 aromatic carbocycles. The molecule has 0 N–H and O–H groups in total. The normalized spacial score (nSPS) is 11.4. The molecule has 2 nitrogen and oxygen atoms in total. The van der Waals surface area contributed by atoms with Gasteiger partial charge in [0.25, 0.3) is 0 Å². The van der Waals surface area contributed by atoms with Gasteiger partial charge in [-0.1, -0.05) is 30.3 Å². The average molecular weight is 247 g/mol. The molecule has 2 heterocycles. The third-order valence-corrected chi connectivity index (χ3v) is 3.72. The number of furan rings is 1. The van der Waals surface area contributed by atoms with Crippen LogP contribution >= 0.6 is 0 Å². The Bertz CT molecular complexity index is 869. The molecule has 0 aliphatic heterocycles. The molecule has 4 rings (SSSR count). The molecule has 0 unspecified atom stereocenters. The maximum atomic E-state index is 5.47. The number of fused-ring (bicyclic) bond motifs is 3. The van der Waals surface area contributed by atoms with Gasteiger partial charge in [0.05, 0.1) is 6.26 Å². The van der Waals surface area contributed by atoms with Gasteiger partial charge in [0.15, 0.2) is 0 Å². The van der Waals surface area contributed by atoms with Crippen LogP contribution in [0.5, 0.6) is 0 Å². The summed E-state index contributed by atoms with van der Waals surface area (Å²) in [6, 6.07) is 18.9. The Morgan fingerprint density at radius 3 is 2.53 bits per heavy atom. The minimum absolute atomic E-state index is 0.909. The summed E-state index contributed by atoms with van der Waals surface area (Å²) in [6.45, 7) is 0. The first kappa shape index (κ1) is 10.4. The molecule has 0 saturated heterocycles. The molecule has 4 aromatic rings. The van der Waals surface area contributed by atoms with Gasteiger partial charge >= 0.3 is 0 Å². The Morgan fingerprint density at radius 1 is 0.842 bits per heavy atom. The standard InChI is InChI=1S/C17H13NO/c1-18-15-6-3-2-5-13(15)14-9-8-12(11-16(14)18)17-7-4-10-19-17/h2-11H,1H3. The topological polar surface area (TPSA) is 18.1 Å². The second kappa shape index (κ2) is 3.75. The lowest BCUT2D eigenvalue weighted by Gasteiger charge is -2.00. The van der Waals surface area contributed by atoms with Gasteiger partial charge in [-0.3, -0.25) is 0 Å². The van der Waals surface area contributed by atoms with Crippen molar-refractivity contribution in [2.24, 2.45) is 7.05 Å². The highest BCUT2D eigenvalue weighted by Gasteiger charge is 2.09. The van der Waals surface area contributed by atoms with Gasteiger partial charge in [-0.15, -0.1) is 0 Å². The van der Waals surface area contributed by atoms with E-state index < -0.39 is 0 Å². The Morgan fingerprint density at radius 2 is 1.68 bits per heavy atom. The number of nitrogens with zero attached hydrogens (tertiary/aromatic N) is 1. The third kappa shape index (κ3) is 1.43. The van der Waals surface area contributed by atoms with E-state index in [2.05, 4.69) is 54.1 Å². The number of aromatic nitrogens is 1. The van der Waals surface area contributed by atoms with E-state index in [0.717, 1.165) is 11.3 Å². The Labute approximate surface area is 110 Å². The number of hydrogen-bond donors (Lipinski definition) is 0. The van der Waals surface area contributed by atoms with Crippen molar-refractivity contribution in [2.45, 2.75) is 0 Å². The van der Waals surface area contributed by atoms with Gasteiger partial charge in [-0.05, 0) is 24.3 Å². The summed E-state index contributed by atoms with van der Waals surface area (Å²) < 4.78 is 7.71. The second-order valence-electron chi connectivity index (χ2n) is 4.79. The first-order chi connectivity index (χ1) is 9.34. The molecule has 0 radical (unpaired) electrons. The summed E-state index contributed by atoms with van der Waals surface area (Å²) in [5.41, 5.74) is 3.60. The van der Waals surface area contributed by atoms with Crippen LogP contribution in [-0.4, -0.2) is 4.57 Å². The summed E-state index contributed by atoms with van der Waals surface area (Å²) in [6.07, 6.45) is 1.71. The Balaban J connectivity index is 2.09. The predicted octanol–water partition coefficient (Wildman–Crippen LogP) is 4.59. The molecule has 0 fully saturated rings. The van der Waals surface area contributed by atoms with Crippen molar-refractivity contribution in [2.75, 3.05) is 0 Å². The van der Waals surface area contributed by atoms with Gasteiger partial charge < -0.3 is 8.98 Å². The molecule has 0 atom stereocenters. The van der Waals surface area contributed by atoms with Gasteiger partial charge in [-0.25, -0.2) is 0 Å². The van der Waals surface area contributed by atoms with Crippen LogP contribution in [0.1, 0.15) is 0 Å². The fraction of sp³-hybridized carbons (Fsp3) is 0.0588. The monoisotopic (exact) mass is 247 g/mol.